The van der Waals surface area contributed by atoms with Crippen molar-refractivity contribution in [3.8, 4) is 0 Å². The van der Waals surface area contributed by atoms with E-state index < -0.39 is 0 Å². The Bertz CT molecular complexity index is 620. The minimum Gasteiger partial charge on any atom is -0.378 e. The lowest BCUT2D eigenvalue weighted by atomic mass is 10.3. The van der Waals surface area contributed by atoms with Crippen LogP contribution in [0.4, 0.5) is 5.69 Å². The van der Waals surface area contributed by atoms with E-state index in [1.807, 2.05) is 23.7 Å². The number of aromatic nitrogens is 3. The first-order valence-corrected chi connectivity index (χ1v) is 6.13. The highest BCUT2D eigenvalue weighted by molar-refractivity contribution is 7.16. The highest BCUT2D eigenvalue weighted by atomic mass is 32.1. The number of nitrogens with zero attached hydrogens (tertiary/aromatic N) is 3. The van der Waals surface area contributed by atoms with E-state index in [2.05, 4.69) is 26.3 Å². The van der Waals surface area contributed by atoms with Gasteiger partial charge < -0.3 is 5.32 Å². The molecular weight excluding hydrogens is 232 g/mol. The molecule has 0 unspecified atom stereocenters. The van der Waals surface area contributed by atoms with Gasteiger partial charge in [-0.15, -0.1) is 11.3 Å². The highest BCUT2D eigenvalue weighted by Gasteiger charge is 1.99. The summed E-state index contributed by atoms with van der Waals surface area (Å²) in [4.78, 5) is 12.6. The number of benzene rings is 1. The van der Waals surface area contributed by atoms with Gasteiger partial charge in [-0.3, -0.25) is 0 Å². The molecule has 3 rings (SSSR count). The van der Waals surface area contributed by atoms with Crippen LogP contribution in [0.5, 0.6) is 0 Å². The van der Waals surface area contributed by atoms with Crippen molar-refractivity contribution in [3.05, 3.63) is 48.0 Å². The van der Waals surface area contributed by atoms with Crippen molar-refractivity contribution >= 4 is 27.2 Å². The van der Waals surface area contributed by atoms with Crippen LogP contribution in [0.3, 0.4) is 0 Å². The second-order valence-electron chi connectivity index (χ2n) is 3.55. The van der Waals surface area contributed by atoms with Gasteiger partial charge in [0.05, 0.1) is 22.3 Å². The Hall–Kier alpha value is -2.01. The van der Waals surface area contributed by atoms with Gasteiger partial charge in [0, 0.05) is 18.1 Å². The molecule has 1 N–H and O–H groups in total. The minimum absolute atomic E-state index is 0.630. The van der Waals surface area contributed by atoms with E-state index in [0.29, 0.717) is 6.54 Å². The predicted molar refractivity (Wildman–Crippen MR) is 69.0 cm³/mol. The van der Waals surface area contributed by atoms with Gasteiger partial charge in [0.1, 0.15) is 5.82 Å². The maximum atomic E-state index is 4.24. The van der Waals surface area contributed by atoms with Crippen LogP contribution in [-0.2, 0) is 6.54 Å². The first-order chi connectivity index (χ1) is 8.42. The van der Waals surface area contributed by atoms with Gasteiger partial charge in [-0.1, -0.05) is 0 Å². The molecule has 5 heteroatoms. The highest BCUT2D eigenvalue weighted by Crippen LogP contribution is 2.21. The second kappa shape index (κ2) is 4.47. The van der Waals surface area contributed by atoms with Crippen molar-refractivity contribution in [1.82, 2.24) is 15.0 Å². The number of fused-ring (bicyclic) bond motifs is 1. The first kappa shape index (κ1) is 10.2. The standard InChI is InChI=1S/C12H10N4S/c1-4-13-12(14-5-1)7-15-9-2-3-10-11(6-9)17-8-16-10/h1-6,8,15H,7H2. The van der Waals surface area contributed by atoms with Crippen molar-refractivity contribution in [1.29, 1.82) is 0 Å². The molecule has 0 bridgehead atoms. The Labute approximate surface area is 102 Å². The molecule has 84 valence electrons. The third kappa shape index (κ3) is 2.24. The topological polar surface area (TPSA) is 50.7 Å². The molecule has 0 fully saturated rings. The number of hydrogen-bond acceptors (Lipinski definition) is 5. The molecule has 3 aromatic rings. The normalized spacial score (nSPS) is 10.6. The maximum Gasteiger partial charge on any atom is 0.147 e. The van der Waals surface area contributed by atoms with Gasteiger partial charge in [-0.25, -0.2) is 15.0 Å². The Morgan fingerprint density at radius 2 is 2.00 bits per heavy atom. The molecule has 17 heavy (non-hydrogen) atoms. The van der Waals surface area contributed by atoms with Gasteiger partial charge in [-0.05, 0) is 24.3 Å². The quantitative estimate of drug-likeness (QED) is 0.767. The van der Waals surface area contributed by atoms with E-state index in [1.54, 1.807) is 23.7 Å². The zero-order valence-corrected chi connectivity index (χ0v) is 9.81. The number of rotatable bonds is 3. The fourth-order valence-electron chi connectivity index (χ4n) is 1.57. The monoisotopic (exact) mass is 242 g/mol. The minimum atomic E-state index is 0.630. The Kier molecular flexibility index (Phi) is 2.67. The molecule has 0 saturated carbocycles. The zero-order chi connectivity index (χ0) is 11.5. The zero-order valence-electron chi connectivity index (χ0n) is 9.00. The lowest BCUT2D eigenvalue weighted by Gasteiger charge is -2.04. The average Bonchev–Trinajstić information content (AvgIpc) is 2.85. The summed E-state index contributed by atoms with van der Waals surface area (Å²) in [5.41, 5.74) is 3.96. The number of hydrogen-bond donors (Lipinski definition) is 1. The van der Waals surface area contributed by atoms with Crippen molar-refractivity contribution in [3.63, 3.8) is 0 Å². The van der Waals surface area contributed by atoms with Crippen molar-refractivity contribution in [2.45, 2.75) is 6.54 Å². The lowest BCUT2D eigenvalue weighted by Crippen LogP contribution is -2.03. The van der Waals surface area contributed by atoms with Crippen LogP contribution < -0.4 is 5.32 Å². The second-order valence-corrected chi connectivity index (χ2v) is 4.44. The molecule has 0 aliphatic carbocycles. The summed E-state index contributed by atoms with van der Waals surface area (Å²) in [5.74, 6) is 0.789. The van der Waals surface area contributed by atoms with Crippen molar-refractivity contribution in [2.24, 2.45) is 0 Å². The lowest BCUT2D eigenvalue weighted by molar-refractivity contribution is 0.949. The molecule has 0 atom stereocenters. The van der Waals surface area contributed by atoms with Crippen LogP contribution in [0, 0.1) is 0 Å². The van der Waals surface area contributed by atoms with E-state index >= 15 is 0 Å². The molecule has 1 aromatic carbocycles. The van der Waals surface area contributed by atoms with E-state index in [1.165, 1.54) is 4.70 Å². The molecule has 0 amide bonds. The number of nitrogens with one attached hydrogen (secondary N) is 1. The largest absolute Gasteiger partial charge is 0.378 e. The van der Waals surface area contributed by atoms with Gasteiger partial charge >= 0.3 is 0 Å². The van der Waals surface area contributed by atoms with Crippen LogP contribution >= 0.6 is 11.3 Å². The third-order valence-electron chi connectivity index (χ3n) is 2.40. The Morgan fingerprint density at radius 3 is 2.88 bits per heavy atom. The summed E-state index contributed by atoms with van der Waals surface area (Å²) < 4.78 is 1.18. The summed E-state index contributed by atoms with van der Waals surface area (Å²) in [7, 11) is 0. The number of anilines is 1. The molecule has 0 aliphatic heterocycles. The Balaban J connectivity index is 1.76. The van der Waals surface area contributed by atoms with Gasteiger partial charge in [-0.2, -0.15) is 0 Å². The van der Waals surface area contributed by atoms with Crippen LogP contribution in [0.2, 0.25) is 0 Å². The molecule has 0 saturated heterocycles. The SMILES string of the molecule is c1cnc(CNc2ccc3ncsc3c2)nc1. The predicted octanol–water partition coefficient (Wildman–Crippen LogP) is 2.70. The van der Waals surface area contributed by atoms with E-state index in [4.69, 9.17) is 0 Å². The average molecular weight is 242 g/mol. The fourth-order valence-corrected chi connectivity index (χ4v) is 2.28. The third-order valence-corrected chi connectivity index (χ3v) is 3.19. The van der Waals surface area contributed by atoms with E-state index in [-0.39, 0.29) is 0 Å². The van der Waals surface area contributed by atoms with Crippen LogP contribution in [0.25, 0.3) is 10.2 Å². The summed E-state index contributed by atoms with van der Waals surface area (Å²) in [6.45, 7) is 0.630. The maximum absolute atomic E-state index is 4.24. The van der Waals surface area contributed by atoms with E-state index in [9.17, 15) is 0 Å². The van der Waals surface area contributed by atoms with Gasteiger partial charge in [0.15, 0.2) is 0 Å². The molecular formula is C12H10N4S. The van der Waals surface area contributed by atoms with Crippen LogP contribution in [-0.4, -0.2) is 15.0 Å². The van der Waals surface area contributed by atoms with Gasteiger partial charge in [0.2, 0.25) is 0 Å². The molecule has 0 spiro atoms. The summed E-state index contributed by atoms with van der Waals surface area (Å²) >= 11 is 1.64. The van der Waals surface area contributed by atoms with Gasteiger partial charge in [0.25, 0.3) is 0 Å². The summed E-state index contributed by atoms with van der Waals surface area (Å²) in [6, 6.07) is 7.94. The van der Waals surface area contributed by atoms with Crippen LogP contribution in [0.15, 0.2) is 42.2 Å². The molecule has 4 nitrogen and oxygen atoms in total. The molecule has 0 aliphatic rings. The van der Waals surface area contributed by atoms with E-state index in [0.717, 1.165) is 17.0 Å². The summed E-state index contributed by atoms with van der Waals surface area (Å²) in [6.07, 6.45) is 3.49. The molecule has 2 heterocycles. The molecule has 0 radical (unpaired) electrons. The van der Waals surface area contributed by atoms with Crippen molar-refractivity contribution < 1.29 is 0 Å². The summed E-state index contributed by atoms with van der Waals surface area (Å²) in [5, 5.41) is 3.30. The Morgan fingerprint density at radius 1 is 1.12 bits per heavy atom. The fraction of sp³-hybridized carbons (Fsp3) is 0.0833. The molecule has 2 aromatic heterocycles. The van der Waals surface area contributed by atoms with Crippen molar-refractivity contribution in [2.75, 3.05) is 5.32 Å². The smallest absolute Gasteiger partial charge is 0.147 e. The van der Waals surface area contributed by atoms with Crippen LogP contribution in [0.1, 0.15) is 5.82 Å². The first-order valence-electron chi connectivity index (χ1n) is 5.25. The number of thiazole rings is 1.